The van der Waals surface area contributed by atoms with E-state index >= 15 is 0 Å². The highest BCUT2D eigenvalue weighted by atomic mass is 16.1. The minimum Gasteiger partial charge on any atom is -0.354 e. The van der Waals surface area contributed by atoms with Crippen molar-refractivity contribution in [2.45, 2.75) is 19.9 Å². The zero-order chi connectivity index (χ0) is 17.5. The number of carbonyl (C=O) groups is 1. The van der Waals surface area contributed by atoms with Crippen LogP contribution in [-0.4, -0.2) is 53.5 Å². The van der Waals surface area contributed by atoms with Crippen molar-refractivity contribution in [2.75, 3.05) is 37.6 Å². The van der Waals surface area contributed by atoms with Gasteiger partial charge in [0.15, 0.2) is 0 Å². The molecule has 3 heterocycles. The van der Waals surface area contributed by atoms with E-state index in [4.69, 9.17) is 0 Å². The van der Waals surface area contributed by atoms with Gasteiger partial charge in [-0.2, -0.15) is 0 Å². The van der Waals surface area contributed by atoms with E-state index in [9.17, 15) is 4.79 Å². The highest BCUT2D eigenvalue weighted by Gasteiger charge is 2.18. The number of hydrogen-bond acceptors (Lipinski definition) is 5. The standard InChI is InChI=1S/C19H25N5O/c1-2-8-21-19(25)16-6-7-18(22-14-16)24-12-10-23(11-13-24)15-17-5-3-4-9-20-17/h3-7,9,14H,2,8,10-13,15H2,1H3,(H,21,25). The lowest BCUT2D eigenvalue weighted by Crippen LogP contribution is -2.46. The monoisotopic (exact) mass is 339 g/mol. The summed E-state index contributed by atoms with van der Waals surface area (Å²) >= 11 is 0. The van der Waals surface area contributed by atoms with Gasteiger partial charge in [0.1, 0.15) is 5.82 Å². The number of nitrogens with zero attached hydrogens (tertiary/aromatic N) is 4. The Balaban J connectivity index is 1.51. The minimum absolute atomic E-state index is 0.0546. The van der Waals surface area contributed by atoms with Crippen LogP contribution in [0.15, 0.2) is 42.7 Å². The van der Waals surface area contributed by atoms with Gasteiger partial charge in [-0.05, 0) is 30.7 Å². The molecule has 1 fully saturated rings. The van der Waals surface area contributed by atoms with Crippen LogP contribution in [-0.2, 0) is 6.54 Å². The number of anilines is 1. The van der Waals surface area contributed by atoms with E-state index in [0.29, 0.717) is 12.1 Å². The first-order valence-electron chi connectivity index (χ1n) is 8.87. The third-order valence-corrected chi connectivity index (χ3v) is 4.35. The average molecular weight is 339 g/mol. The second-order valence-electron chi connectivity index (χ2n) is 6.25. The first kappa shape index (κ1) is 17.4. The van der Waals surface area contributed by atoms with Gasteiger partial charge in [-0.3, -0.25) is 14.7 Å². The van der Waals surface area contributed by atoms with Crippen LogP contribution in [0.2, 0.25) is 0 Å². The first-order valence-corrected chi connectivity index (χ1v) is 8.87. The number of hydrogen-bond donors (Lipinski definition) is 1. The van der Waals surface area contributed by atoms with E-state index in [1.165, 1.54) is 0 Å². The second-order valence-corrected chi connectivity index (χ2v) is 6.25. The van der Waals surface area contributed by atoms with Gasteiger partial charge in [-0.1, -0.05) is 13.0 Å². The van der Waals surface area contributed by atoms with Crippen LogP contribution in [0, 0.1) is 0 Å². The van der Waals surface area contributed by atoms with Gasteiger partial charge in [0, 0.05) is 51.7 Å². The van der Waals surface area contributed by atoms with Crippen LogP contribution in [0.4, 0.5) is 5.82 Å². The number of aromatic nitrogens is 2. The van der Waals surface area contributed by atoms with E-state index in [-0.39, 0.29) is 5.91 Å². The molecule has 0 atom stereocenters. The molecule has 2 aromatic rings. The third-order valence-electron chi connectivity index (χ3n) is 4.35. The molecule has 1 saturated heterocycles. The fourth-order valence-corrected chi connectivity index (χ4v) is 2.90. The molecule has 132 valence electrons. The Morgan fingerprint density at radius 2 is 1.96 bits per heavy atom. The molecule has 0 saturated carbocycles. The summed E-state index contributed by atoms with van der Waals surface area (Å²) in [6, 6.07) is 9.83. The van der Waals surface area contributed by atoms with Gasteiger partial charge in [-0.25, -0.2) is 4.98 Å². The summed E-state index contributed by atoms with van der Waals surface area (Å²) in [6.07, 6.45) is 4.44. The molecule has 0 bridgehead atoms. The van der Waals surface area contributed by atoms with Gasteiger partial charge in [-0.15, -0.1) is 0 Å². The van der Waals surface area contributed by atoms with E-state index in [0.717, 1.165) is 50.7 Å². The summed E-state index contributed by atoms with van der Waals surface area (Å²) < 4.78 is 0. The lowest BCUT2D eigenvalue weighted by Gasteiger charge is -2.35. The summed E-state index contributed by atoms with van der Waals surface area (Å²) in [6.45, 7) is 7.45. The minimum atomic E-state index is -0.0546. The predicted molar refractivity (Wildman–Crippen MR) is 98.6 cm³/mol. The Morgan fingerprint density at radius 1 is 1.12 bits per heavy atom. The number of pyridine rings is 2. The smallest absolute Gasteiger partial charge is 0.252 e. The van der Waals surface area contributed by atoms with Crippen LogP contribution in [0.5, 0.6) is 0 Å². The Bertz CT molecular complexity index is 666. The third kappa shape index (κ3) is 4.76. The van der Waals surface area contributed by atoms with E-state index < -0.39 is 0 Å². The van der Waals surface area contributed by atoms with Crippen molar-refractivity contribution in [1.82, 2.24) is 20.2 Å². The summed E-state index contributed by atoms with van der Waals surface area (Å²) in [7, 11) is 0. The van der Waals surface area contributed by atoms with Gasteiger partial charge < -0.3 is 10.2 Å². The normalized spacial score (nSPS) is 15.2. The topological polar surface area (TPSA) is 61.4 Å². The van der Waals surface area contributed by atoms with Crippen LogP contribution >= 0.6 is 0 Å². The predicted octanol–water partition coefficient (Wildman–Crippen LogP) is 1.94. The molecule has 6 heteroatoms. The molecular formula is C19H25N5O. The Hall–Kier alpha value is -2.47. The Kier molecular flexibility index (Phi) is 5.95. The maximum atomic E-state index is 11.9. The highest BCUT2D eigenvalue weighted by molar-refractivity contribution is 5.94. The largest absolute Gasteiger partial charge is 0.354 e. The number of carbonyl (C=O) groups excluding carboxylic acids is 1. The van der Waals surface area contributed by atoms with E-state index in [1.54, 1.807) is 6.20 Å². The Labute approximate surface area is 148 Å². The molecule has 2 aromatic heterocycles. The molecule has 1 aliphatic heterocycles. The van der Waals surface area contributed by atoms with Crippen molar-refractivity contribution in [2.24, 2.45) is 0 Å². The summed E-state index contributed by atoms with van der Waals surface area (Å²) in [5.41, 5.74) is 1.72. The summed E-state index contributed by atoms with van der Waals surface area (Å²) in [5, 5.41) is 2.87. The van der Waals surface area contributed by atoms with Crippen LogP contribution in [0.1, 0.15) is 29.4 Å². The van der Waals surface area contributed by atoms with Crippen molar-refractivity contribution in [3.05, 3.63) is 54.0 Å². The molecule has 1 N–H and O–H groups in total. The van der Waals surface area contributed by atoms with Crippen LogP contribution < -0.4 is 10.2 Å². The van der Waals surface area contributed by atoms with Crippen LogP contribution in [0.3, 0.4) is 0 Å². The maximum absolute atomic E-state index is 11.9. The van der Waals surface area contributed by atoms with Crippen molar-refractivity contribution in [3.63, 3.8) is 0 Å². The van der Waals surface area contributed by atoms with E-state index in [2.05, 4.69) is 31.2 Å². The lowest BCUT2D eigenvalue weighted by molar-refractivity contribution is 0.0953. The van der Waals surface area contributed by atoms with Crippen LogP contribution in [0.25, 0.3) is 0 Å². The molecule has 1 amide bonds. The van der Waals surface area contributed by atoms with Crippen molar-refractivity contribution in [3.8, 4) is 0 Å². The van der Waals surface area contributed by atoms with Gasteiger partial charge in [0.2, 0.25) is 0 Å². The fraction of sp³-hybridized carbons (Fsp3) is 0.421. The lowest BCUT2D eigenvalue weighted by atomic mass is 10.2. The highest BCUT2D eigenvalue weighted by Crippen LogP contribution is 2.15. The molecular weight excluding hydrogens is 314 g/mol. The number of nitrogens with one attached hydrogen (secondary N) is 1. The first-order chi connectivity index (χ1) is 12.3. The molecule has 1 aliphatic rings. The Morgan fingerprint density at radius 3 is 2.60 bits per heavy atom. The molecule has 6 nitrogen and oxygen atoms in total. The maximum Gasteiger partial charge on any atom is 0.252 e. The molecule has 0 spiro atoms. The van der Waals surface area contributed by atoms with Gasteiger partial charge in [0.25, 0.3) is 5.91 Å². The molecule has 3 rings (SSSR count). The average Bonchev–Trinajstić information content (AvgIpc) is 2.68. The van der Waals surface area contributed by atoms with E-state index in [1.807, 2.05) is 37.4 Å². The van der Waals surface area contributed by atoms with Gasteiger partial charge in [0.05, 0.1) is 11.3 Å². The molecule has 0 unspecified atom stereocenters. The molecule has 0 radical (unpaired) electrons. The van der Waals surface area contributed by atoms with Crippen molar-refractivity contribution in [1.29, 1.82) is 0 Å². The second kappa shape index (κ2) is 8.58. The number of amides is 1. The SMILES string of the molecule is CCCNC(=O)c1ccc(N2CCN(Cc3ccccn3)CC2)nc1. The quantitative estimate of drug-likeness (QED) is 0.871. The molecule has 0 aliphatic carbocycles. The summed E-state index contributed by atoms with van der Waals surface area (Å²) in [4.78, 5) is 25.5. The van der Waals surface area contributed by atoms with Crippen molar-refractivity contribution < 1.29 is 4.79 Å². The number of rotatable bonds is 6. The number of piperazine rings is 1. The zero-order valence-electron chi connectivity index (χ0n) is 14.7. The molecule has 0 aromatic carbocycles. The zero-order valence-corrected chi connectivity index (χ0v) is 14.7. The fourth-order valence-electron chi connectivity index (χ4n) is 2.90. The van der Waals surface area contributed by atoms with Gasteiger partial charge >= 0.3 is 0 Å². The molecule has 25 heavy (non-hydrogen) atoms. The van der Waals surface area contributed by atoms with Crippen molar-refractivity contribution >= 4 is 11.7 Å². The summed E-state index contributed by atoms with van der Waals surface area (Å²) in [5.74, 6) is 0.880.